The molecule has 4 nitrogen and oxygen atoms in total. The molecule has 2 saturated heterocycles. The Labute approximate surface area is 171 Å². The summed E-state index contributed by atoms with van der Waals surface area (Å²) in [5, 5.41) is 0.657. The Balaban J connectivity index is 1.93. The van der Waals surface area contributed by atoms with Gasteiger partial charge in [-0.3, -0.25) is 9.59 Å². The average Bonchev–Trinajstić information content (AvgIpc) is 3.04. The highest BCUT2D eigenvalue weighted by molar-refractivity contribution is 6.30. The van der Waals surface area contributed by atoms with E-state index in [1.807, 2.05) is 54.0 Å². The molecule has 0 N–H and O–H groups in total. The number of benzene rings is 2. The predicted molar refractivity (Wildman–Crippen MR) is 110 cm³/mol. The molecule has 2 aromatic carbocycles. The van der Waals surface area contributed by atoms with Gasteiger partial charge in [0, 0.05) is 17.5 Å². The van der Waals surface area contributed by atoms with Gasteiger partial charge < -0.3 is 9.80 Å². The Morgan fingerprint density at radius 1 is 1.00 bits per heavy atom. The van der Waals surface area contributed by atoms with Gasteiger partial charge >= 0.3 is 0 Å². The molecule has 0 bridgehead atoms. The van der Waals surface area contributed by atoms with E-state index in [-0.39, 0.29) is 36.0 Å². The van der Waals surface area contributed by atoms with Gasteiger partial charge in [-0.1, -0.05) is 53.6 Å². The Morgan fingerprint density at radius 3 is 2.36 bits per heavy atom. The van der Waals surface area contributed by atoms with E-state index >= 15 is 0 Å². The average molecular weight is 397 g/mol. The summed E-state index contributed by atoms with van der Waals surface area (Å²) in [4.78, 5) is 30.1. The summed E-state index contributed by atoms with van der Waals surface area (Å²) >= 11 is 6.12. The monoisotopic (exact) mass is 396 g/mol. The lowest BCUT2D eigenvalue weighted by Crippen LogP contribution is -2.59. The first-order chi connectivity index (χ1) is 13.4. The van der Waals surface area contributed by atoms with Crippen LogP contribution in [0.5, 0.6) is 0 Å². The molecule has 4 rings (SSSR count). The lowest BCUT2D eigenvalue weighted by molar-refractivity contribution is -0.159. The molecule has 2 fully saturated rings. The third kappa shape index (κ3) is 3.10. The Hall–Kier alpha value is -2.33. The van der Waals surface area contributed by atoms with Crippen LogP contribution in [0.15, 0.2) is 48.5 Å². The van der Waals surface area contributed by atoms with Crippen LogP contribution in [0.25, 0.3) is 0 Å². The second kappa shape index (κ2) is 7.25. The van der Waals surface area contributed by atoms with Gasteiger partial charge in [-0.05, 0) is 50.5 Å². The molecular weight excluding hydrogens is 372 g/mol. The van der Waals surface area contributed by atoms with E-state index in [0.29, 0.717) is 17.9 Å². The standard InChI is InChI=1S/C23H25ClN2O2/c1-14(2)25-21(16-7-9-18(24)10-8-16)22(17-6-4-5-15(3)13-17)26-19(23(25)28)11-12-20(26)27/h4-10,13-14,19,21-22H,11-12H2,1-3H3/t19?,21-,22+/m1/s1. The van der Waals surface area contributed by atoms with E-state index in [9.17, 15) is 9.59 Å². The number of hydrogen-bond acceptors (Lipinski definition) is 2. The van der Waals surface area contributed by atoms with Crippen molar-refractivity contribution < 1.29 is 9.59 Å². The number of aryl methyl sites for hydroxylation is 1. The quantitative estimate of drug-likeness (QED) is 0.756. The molecule has 28 heavy (non-hydrogen) atoms. The molecule has 2 heterocycles. The van der Waals surface area contributed by atoms with Crippen molar-refractivity contribution in [1.82, 2.24) is 9.80 Å². The fourth-order valence-corrected chi connectivity index (χ4v) is 4.81. The summed E-state index contributed by atoms with van der Waals surface area (Å²) in [5.74, 6) is 0.108. The molecule has 0 radical (unpaired) electrons. The second-order valence-electron chi connectivity index (χ2n) is 8.05. The number of hydrogen-bond donors (Lipinski definition) is 0. The van der Waals surface area contributed by atoms with Gasteiger partial charge in [0.2, 0.25) is 11.8 Å². The van der Waals surface area contributed by atoms with Crippen LogP contribution in [0.2, 0.25) is 5.02 Å². The van der Waals surface area contributed by atoms with E-state index in [1.165, 1.54) is 0 Å². The van der Waals surface area contributed by atoms with Gasteiger partial charge in [0.15, 0.2) is 0 Å². The van der Waals surface area contributed by atoms with Crippen molar-refractivity contribution in [2.75, 3.05) is 0 Å². The highest BCUT2D eigenvalue weighted by Crippen LogP contribution is 2.48. The summed E-state index contributed by atoms with van der Waals surface area (Å²) < 4.78 is 0. The smallest absolute Gasteiger partial charge is 0.246 e. The minimum absolute atomic E-state index is 0.0262. The molecule has 2 aromatic rings. The normalized spacial score (nSPS) is 24.8. The topological polar surface area (TPSA) is 40.6 Å². The van der Waals surface area contributed by atoms with Crippen LogP contribution in [0.4, 0.5) is 0 Å². The van der Waals surface area contributed by atoms with Gasteiger partial charge in [0.25, 0.3) is 0 Å². The first kappa shape index (κ1) is 19.0. The van der Waals surface area contributed by atoms with Crippen LogP contribution in [-0.2, 0) is 9.59 Å². The van der Waals surface area contributed by atoms with E-state index in [1.54, 1.807) is 0 Å². The number of piperazine rings is 1. The lowest BCUT2D eigenvalue weighted by atomic mass is 9.85. The molecular formula is C23H25ClN2O2. The maximum Gasteiger partial charge on any atom is 0.246 e. The highest BCUT2D eigenvalue weighted by atomic mass is 35.5. The molecule has 0 saturated carbocycles. The van der Waals surface area contributed by atoms with Crippen LogP contribution in [0, 0.1) is 6.92 Å². The molecule has 2 amide bonds. The van der Waals surface area contributed by atoms with Crippen molar-refractivity contribution in [3.63, 3.8) is 0 Å². The zero-order chi connectivity index (χ0) is 20.0. The summed E-state index contributed by atoms with van der Waals surface area (Å²) in [5.41, 5.74) is 3.21. The van der Waals surface area contributed by atoms with E-state index in [0.717, 1.165) is 16.7 Å². The highest BCUT2D eigenvalue weighted by Gasteiger charge is 2.53. The van der Waals surface area contributed by atoms with E-state index in [4.69, 9.17) is 11.6 Å². The summed E-state index contributed by atoms with van der Waals surface area (Å²) in [6.45, 7) is 6.14. The van der Waals surface area contributed by atoms with Crippen molar-refractivity contribution in [3.8, 4) is 0 Å². The summed E-state index contributed by atoms with van der Waals surface area (Å²) in [6, 6.07) is 15.1. The number of rotatable bonds is 3. The Morgan fingerprint density at radius 2 is 1.71 bits per heavy atom. The fraction of sp³-hybridized carbons (Fsp3) is 0.391. The van der Waals surface area contributed by atoms with Gasteiger partial charge in [-0.2, -0.15) is 0 Å². The maximum atomic E-state index is 13.4. The van der Waals surface area contributed by atoms with Crippen molar-refractivity contribution in [2.24, 2.45) is 0 Å². The number of nitrogens with zero attached hydrogens (tertiary/aromatic N) is 2. The zero-order valence-electron chi connectivity index (χ0n) is 16.4. The Kier molecular flexibility index (Phi) is 4.92. The van der Waals surface area contributed by atoms with Gasteiger partial charge in [-0.25, -0.2) is 0 Å². The van der Waals surface area contributed by atoms with Gasteiger partial charge in [0.05, 0.1) is 12.1 Å². The minimum Gasteiger partial charge on any atom is -0.329 e. The first-order valence-electron chi connectivity index (χ1n) is 9.84. The SMILES string of the molecule is Cc1cccc([C@H]2[C@@H](c3ccc(Cl)cc3)N(C(C)C)C(=O)C3CCC(=O)N32)c1. The number of carbonyl (C=O) groups excluding carboxylic acids is 2. The largest absolute Gasteiger partial charge is 0.329 e. The van der Waals surface area contributed by atoms with Crippen molar-refractivity contribution in [3.05, 3.63) is 70.2 Å². The van der Waals surface area contributed by atoms with E-state index in [2.05, 4.69) is 25.1 Å². The fourth-order valence-electron chi connectivity index (χ4n) is 4.68. The van der Waals surface area contributed by atoms with Crippen LogP contribution in [0.1, 0.15) is 55.5 Å². The van der Waals surface area contributed by atoms with E-state index < -0.39 is 0 Å². The minimum atomic E-state index is -0.371. The van der Waals surface area contributed by atoms with Crippen LogP contribution >= 0.6 is 11.6 Å². The van der Waals surface area contributed by atoms with Crippen molar-refractivity contribution in [2.45, 2.75) is 57.8 Å². The van der Waals surface area contributed by atoms with Crippen molar-refractivity contribution >= 4 is 23.4 Å². The zero-order valence-corrected chi connectivity index (χ0v) is 17.2. The molecule has 3 atom stereocenters. The summed E-state index contributed by atoms with van der Waals surface area (Å²) in [6.07, 6.45) is 1.02. The number of halogens is 1. The maximum absolute atomic E-state index is 13.4. The van der Waals surface area contributed by atoms with Crippen molar-refractivity contribution in [1.29, 1.82) is 0 Å². The summed E-state index contributed by atoms with van der Waals surface area (Å²) in [7, 11) is 0. The van der Waals surface area contributed by atoms with Crippen LogP contribution in [-0.4, -0.2) is 33.7 Å². The Bertz CT molecular complexity index is 909. The first-order valence-corrected chi connectivity index (χ1v) is 10.2. The third-order valence-electron chi connectivity index (χ3n) is 5.84. The molecule has 2 aliphatic rings. The van der Waals surface area contributed by atoms with Gasteiger partial charge in [0.1, 0.15) is 6.04 Å². The van der Waals surface area contributed by atoms with Crippen LogP contribution < -0.4 is 0 Å². The molecule has 146 valence electrons. The molecule has 1 unspecified atom stereocenters. The molecule has 0 aromatic heterocycles. The van der Waals surface area contributed by atoms with Crippen LogP contribution in [0.3, 0.4) is 0 Å². The predicted octanol–water partition coefficient (Wildman–Crippen LogP) is 4.67. The molecule has 0 spiro atoms. The van der Waals surface area contributed by atoms with Gasteiger partial charge in [-0.15, -0.1) is 0 Å². The number of amides is 2. The molecule has 0 aliphatic carbocycles. The molecule has 2 aliphatic heterocycles. The number of carbonyl (C=O) groups is 2. The second-order valence-corrected chi connectivity index (χ2v) is 8.49. The number of fused-ring (bicyclic) bond motifs is 1. The lowest BCUT2D eigenvalue weighted by Gasteiger charge is -2.51. The third-order valence-corrected chi connectivity index (χ3v) is 6.10. The molecule has 5 heteroatoms.